The standard InChI is InChI=1S/C14H16BrNO2/c1-9-2-3-10(13(15)6-9)4-5-14(18)16-11-7-12(17)8-11/h2-6,11-12,17H,7-8H2,1H3,(H,16,18). The Morgan fingerprint density at radius 3 is 2.83 bits per heavy atom. The number of benzene rings is 1. The summed E-state index contributed by atoms with van der Waals surface area (Å²) in [5, 5.41) is 12.0. The van der Waals surface area contributed by atoms with Gasteiger partial charge < -0.3 is 10.4 Å². The van der Waals surface area contributed by atoms with E-state index in [2.05, 4.69) is 21.2 Å². The van der Waals surface area contributed by atoms with Gasteiger partial charge in [-0.25, -0.2) is 0 Å². The molecule has 2 N–H and O–H groups in total. The second kappa shape index (κ2) is 5.67. The van der Waals surface area contributed by atoms with Crippen LogP contribution in [0.3, 0.4) is 0 Å². The quantitative estimate of drug-likeness (QED) is 0.842. The molecule has 4 heteroatoms. The molecule has 1 fully saturated rings. The van der Waals surface area contributed by atoms with Crippen molar-refractivity contribution in [3.8, 4) is 0 Å². The number of amides is 1. The van der Waals surface area contributed by atoms with Gasteiger partial charge in [-0.3, -0.25) is 4.79 Å². The van der Waals surface area contributed by atoms with Crippen LogP contribution in [0.15, 0.2) is 28.7 Å². The lowest BCUT2D eigenvalue weighted by Gasteiger charge is -2.31. The Balaban J connectivity index is 1.91. The molecule has 3 nitrogen and oxygen atoms in total. The van der Waals surface area contributed by atoms with Gasteiger partial charge in [0, 0.05) is 16.6 Å². The third-order valence-electron chi connectivity index (χ3n) is 3.03. The molecule has 1 saturated carbocycles. The zero-order valence-corrected chi connectivity index (χ0v) is 11.8. The molecule has 2 rings (SSSR count). The highest BCUT2D eigenvalue weighted by Crippen LogP contribution is 2.20. The summed E-state index contributed by atoms with van der Waals surface area (Å²) in [6.45, 7) is 2.02. The van der Waals surface area contributed by atoms with Crippen molar-refractivity contribution in [1.29, 1.82) is 0 Å². The van der Waals surface area contributed by atoms with E-state index in [1.165, 1.54) is 11.6 Å². The lowest BCUT2D eigenvalue weighted by Crippen LogP contribution is -2.46. The maximum Gasteiger partial charge on any atom is 0.244 e. The van der Waals surface area contributed by atoms with Gasteiger partial charge in [-0.15, -0.1) is 0 Å². The predicted molar refractivity (Wildman–Crippen MR) is 75.1 cm³/mol. The molecule has 0 aliphatic heterocycles. The maximum atomic E-state index is 11.6. The first-order chi connectivity index (χ1) is 8.54. The highest BCUT2D eigenvalue weighted by molar-refractivity contribution is 9.10. The fourth-order valence-electron chi connectivity index (χ4n) is 1.89. The molecule has 0 atom stereocenters. The summed E-state index contributed by atoms with van der Waals surface area (Å²) < 4.78 is 0.977. The van der Waals surface area contributed by atoms with E-state index in [9.17, 15) is 4.79 Å². The van der Waals surface area contributed by atoms with Gasteiger partial charge in [0.15, 0.2) is 0 Å². The van der Waals surface area contributed by atoms with E-state index in [-0.39, 0.29) is 18.1 Å². The van der Waals surface area contributed by atoms with Crippen LogP contribution in [0, 0.1) is 6.92 Å². The lowest BCUT2D eigenvalue weighted by molar-refractivity contribution is -0.118. The molecule has 1 amide bonds. The molecular weight excluding hydrogens is 294 g/mol. The smallest absolute Gasteiger partial charge is 0.244 e. The Bertz CT molecular complexity index is 479. The zero-order valence-electron chi connectivity index (χ0n) is 10.2. The summed E-state index contributed by atoms with van der Waals surface area (Å²) in [4.78, 5) is 11.6. The molecule has 18 heavy (non-hydrogen) atoms. The number of hydrogen-bond donors (Lipinski definition) is 2. The van der Waals surface area contributed by atoms with E-state index in [1.54, 1.807) is 6.08 Å². The van der Waals surface area contributed by atoms with Crippen molar-refractivity contribution in [1.82, 2.24) is 5.32 Å². The van der Waals surface area contributed by atoms with Crippen LogP contribution in [-0.4, -0.2) is 23.2 Å². The van der Waals surface area contributed by atoms with Crippen LogP contribution in [0.2, 0.25) is 0 Å². The normalized spacial score (nSPS) is 22.8. The number of nitrogens with one attached hydrogen (secondary N) is 1. The van der Waals surface area contributed by atoms with Crippen molar-refractivity contribution in [3.05, 3.63) is 39.9 Å². The summed E-state index contributed by atoms with van der Waals surface area (Å²) in [7, 11) is 0. The van der Waals surface area contributed by atoms with Gasteiger partial charge in [0.1, 0.15) is 0 Å². The number of aliphatic hydroxyl groups excluding tert-OH is 1. The molecule has 0 heterocycles. The zero-order chi connectivity index (χ0) is 13.1. The largest absolute Gasteiger partial charge is 0.393 e. The fraction of sp³-hybridized carbons (Fsp3) is 0.357. The van der Waals surface area contributed by atoms with E-state index in [1.807, 2.05) is 25.1 Å². The summed E-state index contributed by atoms with van der Waals surface area (Å²) in [5.74, 6) is -0.112. The Morgan fingerprint density at radius 2 is 2.22 bits per heavy atom. The average Bonchev–Trinajstić information content (AvgIpc) is 2.26. The third-order valence-corrected chi connectivity index (χ3v) is 3.72. The molecule has 1 aliphatic carbocycles. The van der Waals surface area contributed by atoms with Gasteiger partial charge in [-0.1, -0.05) is 28.1 Å². The first-order valence-electron chi connectivity index (χ1n) is 5.97. The van der Waals surface area contributed by atoms with E-state index in [0.717, 1.165) is 10.0 Å². The Kier molecular flexibility index (Phi) is 4.19. The monoisotopic (exact) mass is 309 g/mol. The molecule has 0 bridgehead atoms. The molecule has 1 aliphatic rings. The van der Waals surface area contributed by atoms with Crippen LogP contribution < -0.4 is 5.32 Å². The second-order valence-corrected chi connectivity index (χ2v) is 5.54. The SMILES string of the molecule is Cc1ccc(C=CC(=O)NC2CC(O)C2)c(Br)c1. The summed E-state index contributed by atoms with van der Waals surface area (Å²) in [5.41, 5.74) is 2.15. The molecule has 96 valence electrons. The number of hydrogen-bond acceptors (Lipinski definition) is 2. The van der Waals surface area contributed by atoms with Gasteiger partial charge in [-0.2, -0.15) is 0 Å². The second-order valence-electron chi connectivity index (χ2n) is 4.69. The van der Waals surface area contributed by atoms with Crippen LogP contribution >= 0.6 is 15.9 Å². The number of aryl methyl sites for hydroxylation is 1. The number of halogens is 1. The van der Waals surface area contributed by atoms with Crippen molar-refractivity contribution in [3.63, 3.8) is 0 Å². The first-order valence-corrected chi connectivity index (χ1v) is 6.76. The van der Waals surface area contributed by atoms with Crippen LogP contribution in [0.5, 0.6) is 0 Å². The number of aliphatic hydroxyl groups is 1. The molecule has 0 radical (unpaired) electrons. The maximum absolute atomic E-state index is 11.6. The topological polar surface area (TPSA) is 49.3 Å². The molecule has 0 spiro atoms. The lowest BCUT2D eigenvalue weighted by atomic mass is 9.89. The molecule has 0 unspecified atom stereocenters. The minimum absolute atomic E-state index is 0.112. The first kappa shape index (κ1) is 13.3. The molecular formula is C14H16BrNO2. The van der Waals surface area contributed by atoms with Gasteiger partial charge in [0.25, 0.3) is 0 Å². The predicted octanol–water partition coefficient (Wildman–Crippen LogP) is 2.41. The van der Waals surface area contributed by atoms with Gasteiger partial charge in [0.2, 0.25) is 5.91 Å². The van der Waals surface area contributed by atoms with Crippen molar-refractivity contribution >= 4 is 27.9 Å². The Hall–Kier alpha value is -1.13. The number of rotatable bonds is 3. The number of carbonyl (C=O) groups is 1. The van der Waals surface area contributed by atoms with Gasteiger partial charge in [-0.05, 0) is 43.0 Å². The van der Waals surface area contributed by atoms with Gasteiger partial charge in [0.05, 0.1) is 6.10 Å². The number of carbonyl (C=O) groups excluding carboxylic acids is 1. The van der Waals surface area contributed by atoms with Crippen molar-refractivity contribution < 1.29 is 9.90 Å². The van der Waals surface area contributed by atoms with Crippen molar-refractivity contribution in [2.45, 2.75) is 31.9 Å². The minimum Gasteiger partial charge on any atom is -0.393 e. The van der Waals surface area contributed by atoms with Gasteiger partial charge >= 0.3 is 0 Å². The Morgan fingerprint density at radius 1 is 1.50 bits per heavy atom. The highest BCUT2D eigenvalue weighted by Gasteiger charge is 2.27. The minimum atomic E-state index is -0.245. The van der Waals surface area contributed by atoms with Crippen molar-refractivity contribution in [2.75, 3.05) is 0 Å². The summed E-state index contributed by atoms with van der Waals surface area (Å²) in [6.07, 6.45) is 4.39. The summed E-state index contributed by atoms with van der Waals surface area (Å²) >= 11 is 3.46. The van der Waals surface area contributed by atoms with E-state index < -0.39 is 0 Å². The van der Waals surface area contributed by atoms with Crippen molar-refractivity contribution in [2.24, 2.45) is 0 Å². The molecule has 0 saturated heterocycles. The van der Waals surface area contributed by atoms with E-state index in [0.29, 0.717) is 12.8 Å². The van der Waals surface area contributed by atoms with Crippen LogP contribution in [0.4, 0.5) is 0 Å². The van der Waals surface area contributed by atoms with Crippen LogP contribution in [0.1, 0.15) is 24.0 Å². The molecule has 1 aromatic rings. The van der Waals surface area contributed by atoms with E-state index >= 15 is 0 Å². The molecule has 0 aromatic heterocycles. The van der Waals surface area contributed by atoms with Crippen LogP contribution in [0.25, 0.3) is 6.08 Å². The Labute approximate surface area is 115 Å². The van der Waals surface area contributed by atoms with Crippen LogP contribution in [-0.2, 0) is 4.79 Å². The summed E-state index contributed by atoms with van der Waals surface area (Å²) in [6, 6.07) is 6.11. The average molecular weight is 310 g/mol. The van der Waals surface area contributed by atoms with E-state index in [4.69, 9.17) is 5.11 Å². The highest BCUT2D eigenvalue weighted by atomic mass is 79.9. The third kappa shape index (κ3) is 3.43. The molecule has 1 aromatic carbocycles. The fourth-order valence-corrected chi connectivity index (χ4v) is 2.51.